The normalized spacial score (nSPS) is 17.0. The summed E-state index contributed by atoms with van der Waals surface area (Å²) in [5.41, 5.74) is -4.25. The van der Waals surface area contributed by atoms with Gasteiger partial charge in [-0.05, 0) is 25.0 Å². The second kappa shape index (κ2) is 10.5. The minimum Gasteiger partial charge on any atom is -0.491 e. The number of halogens is 4. The van der Waals surface area contributed by atoms with Crippen molar-refractivity contribution in [3.05, 3.63) is 79.4 Å². The number of aromatic nitrogens is 2. The van der Waals surface area contributed by atoms with Gasteiger partial charge in [0.25, 0.3) is 0 Å². The predicted molar refractivity (Wildman–Crippen MR) is 140 cm³/mol. The zero-order valence-corrected chi connectivity index (χ0v) is 22.0. The number of aromatic carboxylic acids is 2. The van der Waals surface area contributed by atoms with Crippen LogP contribution < -0.4 is 20.3 Å². The molecule has 0 amide bonds. The van der Waals surface area contributed by atoms with E-state index in [2.05, 4.69) is 0 Å². The van der Waals surface area contributed by atoms with Gasteiger partial charge < -0.3 is 28.8 Å². The third kappa shape index (κ3) is 4.25. The van der Waals surface area contributed by atoms with Gasteiger partial charge in [-0.15, -0.1) is 0 Å². The van der Waals surface area contributed by atoms with E-state index in [0.29, 0.717) is 25.0 Å². The fraction of sp³-hybridized carbons (Fsp3) is 0.286. The molecule has 42 heavy (non-hydrogen) atoms. The van der Waals surface area contributed by atoms with E-state index in [1.807, 2.05) is 0 Å². The molecular weight excluding hydrogens is 568 g/mol. The van der Waals surface area contributed by atoms with Gasteiger partial charge in [-0.2, -0.15) is 8.78 Å². The lowest BCUT2D eigenvalue weighted by Gasteiger charge is -2.37. The first-order chi connectivity index (χ1) is 19.9. The lowest BCUT2D eigenvalue weighted by Crippen LogP contribution is -2.31. The molecule has 2 heterocycles. The minimum absolute atomic E-state index is 0.228. The standard InChI is InChI=1S/C28H22F4N2O8/c1-41-25-19(31)15(29)7-11-21(25)33(9-13(23(11)35)27(37)38)17-5-3-4-6-18(17)34-10-14(28(39)40)24(36)12-8-16(30)20(32)26(42-2)22(12)34/h7-10,17-18H,3-6H2,1-2H3,(H,37,38)(H,39,40). The molecule has 4 aromatic rings. The van der Waals surface area contributed by atoms with Crippen LogP contribution in [0.25, 0.3) is 21.8 Å². The number of carbonyl (C=O) groups is 2. The third-order valence-electron chi connectivity index (χ3n) is 7.61. The zero-order chi connectivity index (χ0) is 30.6. The van der Waals surface area contributed by atoms with Gasteiger partial charge in [-0.1, -0.05) is 12.8 Å². The van der Waals surface area contributed by atoms with E-state index in [9.17, 15) is 47.0 Å². The monoisotopic (exact) mass is 590 g/mol. The Morgan fingerprint density at radius 1 is 0.738 bits per heavy atom. The van der Waals surface area contributed by atoms with Gasteiger partial charge >= 0.3 is 11.9 Å². The van der Waals surface area contributed by atoms with Gasteiger partial charge in [-0.3, -0.25) is 9.59 Å². The number of carboxylic acid groups (broad SMARTS) is 2. The molecule has 0 saturated heterocycles. The quantitative estimate of drug-likeness (QED) is 0.310. The van der Waals surface area contributed by atoms with Gasteiger partial charge in [0.15, 0.2) is 23.1 Å². The van der Waals surface area contributed by atoms with E-state index >= 15 is 0 Å². The Hall–Kier alpha value is -4.88. The Morgan fingerprint density at radius 3 is 1.40 bits per heavy atom. The first-order valence-corrected chi connectivity index (χ1v) is 12.6. The fourth-order valence-electron chi connectivity index (χ4n) is 5.80. The highest BCUT2D eigenvalue weighted by molar-refractivity contribution is 5.95. The van der Waals surface area contributed by atoms with Gasteiger partial charge in [0.05, 0.1) is 48.1 Å². The molecule has 2 atom stereocenters. The lowest BCUT2D eigenvalue weighted by molar-refractivity contribution is 0.0682. The molecular formula is C28H22F4N2O8. The Balaban J connectivity index is 1.93. The maximum atomic E-state index is 14.9. The fourth-order valence-corrected chi connectivity index (χ4v) is 5.80. The number of hydrogen-bond donors (Lipinski definition) is 2. The van der Waals surface area contributed by atoms with Crippen molar-refractivity contribution in [2.45, 2.75) is 37.8 Å². The van der Waals surface area contributed by atoms with Crippen molar-refractivity contribution in [2.75, 3.05) is 14.2 Å². The van der Waals surface area contributed by atoms with Crippen LogP contribution in [-0.2, 0) is 0 Å². The molecule has 14 heteroatoms. The second-order valence-corrected chi connectivity index (χ2v) is 9.79. The summed E-state index contributed by atoms with van der Waals surface area (Å²) in [5.74, 6) is -10.4. The maximum absolute atomic E-state index is 14.9. The average molecular weight is 590 g/mol. The van der Waals surface area contributed by atoms with Crippen molar-refractivity contribution in [3.63, 3.8) is 0 Å². The van der Waals surface area contributed by atoms with Gasteiger partial charge in [-0.25, -0.2) is 18.4 Å². The van der Waals surface area contributed by atoms with Crippen molar-refractivity contribution < 1.29 is 46.8 Å². The van der Waals surface area contributed by atoms with Crippen LogP contribution in [0.2, 0.25) is 0 Å². The molecule has 0 spiro atoms. The number of ether oxygens (including phenoxy) is 2. The van der Waals surface area contributed by atoms with Crippen LogP contribution in [0.4, 0.5) is 17.6 Å². The van der Waals surface area contributed by atoms with E-state index < -0.39 is 91.5 Å². The summed E-state index contributed by atoms with van der Waals surface area (Å²) in [7, 11) is 2.07. The SMILES string of the molecule is COc1c(F)c(F)cc2c(=O)c(C(=O)O)cn(C3CCCCC3n3cc(C(=O)O)c(=O)c4cc(F)c(F)c(OC)c43)c12. The number of benzene rings is 2. The van der Waals surface area contributed by atoms with Crippen LogP contribution in [0.5, 0.6) is 11.5 Å². The number of fused-ring (bicyclic) bond motifs is 2. The lowest BCUT2D eigenvalue weighted by atomic mass is 9.88. The summed E-state index contributed by atoms with van der Waals surface area (Å²) >= 11 is 0. The predicted octanol–water partition coefficient (Wildman–Crippen LogP) is 4.64. The first-order valence-electron chi connectivity index (χ1n) is 12.6. The van der Waals surface area contributed by atoms with Gasteiger partial charge in [0.1, 0.15) is 11.1 Å². The van der Waals surface area contributed by atoms with E-state index in [-0.39, 0.29) is 23.9 Å². The van der Waals surface area contributed by atoms with E-state index in [0.717, 1.165) is 26.6 Å². The molecule has 220 valence electrons. The molecule has 2 aromatic heterocycles. The largest absolute Gasteiger partial charge is 0.491 e. The zero-order valence-electron chi connectivity index (χ0n) is 22.0. The summed E-state index contributed by atoms with van der Waals surface area (Å²) in [4.78, 5) is 50.1. The number of nitrogens with zero attached hydrogens (tertiary/aromatic N) is 2. The highest BCUT2D eigenvalue weighted by Crippen LogP contribution is 2.44. The Bertz CT molecular complexity index is 1800. The van der Waals surface area contributed by atoms with E-state index in [4.69, 9.17) is 9.47 Å². The van der Waals surface area contributed by atoms with Gasteiger partial charge in [0.2, 0.25) is 22.5 Å². The Kier molecular flexibility index (Phi) is 7.16. The van der Waals surface area contributed by atoms with E-state index in [1.165, 1.54) is 9.13 Å². The smallest absolute Gasteiger partial charge is 0.341 e. The van der Waals surface area contributed by atoms with Crippen molar-refractivity contribution in [1.29, 1.82) is 0 Å². The topological polar surface area (TPSA) is 137 Å². The van der Waals surface area contributed by atoms with Crippen molar-refractivity contribution in [3.8, 4) is 11.5 Å². The van der Waals surface area contributed by atoms with Crippen LogP contribution in [-0.4, -0.2) is 45.5 Å². The molecule has 0 bridgehead atoms. The summed E-state index contributed by atoms with van der Waals surface area (Å²) in [5, 5.41) is 18.5. The number of pyridine rings is 2. The number of hydrogen-bond acceptors (Lipinski definition) is 6. The maximum Gasteiger partial charge on any atom is 0.341 e. The van der Waals surface area contributed by atoms with Crippen molar-refractivity contribution in [1.82, 2.24) is 9.13 Å². The van der Waals surface area contributed by atoms with Crippen LogP contribution in [0.15, 0.2) is 34.1 Å². The van der Waals surface area contributed by atoms with Crippen LogP contribution in [0.3, 0.4) is 0 Å². The van der Waals surface area contributed by atoms with Crippen LogP contribution >= 0.6 is 0 Å². The third-order valence-corrected chi connectivity index (χ3v) is 7.61. The molecule has 1 aliphatic carbocycles. The molecule has 2 unspecified atom stereocenters. The van der Waals surface area contributed by atoms with Crippen LogP contribution in [0.1, 0.15) is 58.5 Å². The molecule has 5 rings (SSSR count). The van der Waals surface area contributed by atoms with Crippen molar-refractivity contribution >= 4 is 33.7 Å². The highest BCUT2D eigenvalue weighted by atomic mass is 19.2. The van der Waals surface area contributed by atoms with Crippen LogP contribution in [0, 0.1) is 23.3 Å². The summed E-state index contributed by atoms with van der Waals surface area (Å²) in [6, 6.07) is -0.698. The number of carboxylic acids is 2. The molecule has 1 fully saturated rings. The molecule has 2 N–H and O–H groups in total. The molecule has 10 nitrogen and oxygen atoms in total. The Labute approximate surface area is 232 Å². The average Bonchev–Trinajstić information content (AvgIpc) is 2.95. The number of rotatable bonds is 6. The highest BCUT2D eigenvalue weighted by Gasteiger charge is 2.35. The molecule has 1 aliphatic rings. The second-order valence-electron chi connectivity index (χ2n) is 9.79. The molecule has 2 aromatic carbocycles. The van der Waals surface area contributed by atoms with Crippen molar-refractivity contribution in [2.24, 2.45) is 0 Å². The minimum atomic E-state index is -1.65. The summed E-state index contributed by atoms with van der Waals surface area (Å²) < 4.78 is 71.5. The van der Waals surface area contributed by atoms with E-state index in [1.54, 1.807) is 0 Å². The molecule has 1 saturated carbocycles. The summed E-state index contributed by atoms with van der Waals surface area (Å²) in [6.45, 7) is 0. The van der Waals surface area contributed by atoms with Gasteiger partial charge in [0, 0.05) is 12.4 Å². The molecule has 0 aliphatic heterocycles. The molecule has 0 radical (unpaired) electrons. The first kappa shape index (κ1) is 28.6. The Morgan fingerprint density at radius 2 is 1.10 bits per heavy atom. The summed E-state index contributed by atoms with van der Waals surface area (Å²) in [6.07, 6.45) is 3.41. The number of methoxy groups -OCH3 is 2.